The lowest BCUT2D eigenvalue weighted by Gasteiger charge is -2.19. The molecule has 0 spiro atoms. The molecule has 1 heterocycles. The normalized spacial score (nSPS) is 14.1. The monoisotopic (exact) mass is 313 g/mol. The van der Waals surface area contributed by atoms with Crippen molar-refractivity contribution in [1.82, 2.24) is 4.90 Å². The van der Waals surface area contributed by atoms with Crippen LogP contribution in [0, 0.1) is 0 Å². The number of guanidine groups is 1. The van der Waals surface area contributed by atoms with E-state index in [0.717, 1.165) is 12.1 Å². The van der Waals surface area contributed by atoms with E-state index in [1.165, 1.54) is 5.56 Å². The zero-order chi connectivity index (χ0) is 15.4. The molecule has 4 nitrogen and oxygen atoms in total. The maximum absolute atomic E-state index is 12.0. The molecule has 1 aliphatic heterocycles. The minimum Gasteiger partial charge on any atom is -0.326 e. The number of carbonyl (C=O) groups excluding carboxylic acids is 1. The van der Waals surface area contributed by atoms with Crippen LogP contribution in [0.25, 0.3) is 0 Å². The molecular weight excluding hydrogens is 298 g/mol. The summed E-state index contributed by atoms with van der Waals surface area (Å²) in [5, 5.41) is 3.86. The van der Waals surface area contributed by atoms with E-state index in [9.17, 15) is 4.79 Å². The Morgan fingerprint density at radius 1 is 1.09 bits per heavy atom. The van der Waals surface area contributed by atoms with Crippen LogP contribution in [0.1, 0.15) is 5.56 Å². The molecule has 2 aromatic rings. The molecule has 112 valence electrons. The van der Waals surface area contributed by atoms with Crippen LogP contribution in [0.15, 0.2) is 59.6 Å². The molecule has 0 fully saturated rings. The molecule has 1 N–H and O–H groups in total. The summed E-state index contributed by atoms with van der Waals surface area (Å²) in [5.74, 6) is 0.621. The first-order chi connectivity index (χ1) is 10.7. The fourth-order valence-electron chi connectivity index (χ4n) is 2.32. The molecule has 5 heteroatoms. The molecule has 0 radical (unpaired) electrons. The van der Waals surface area contributed by atoms with Crippen molar-refractivity contribution in [2.24, 2.45) is 4.99 Å². The van der Waals surface area contributed by atoms with Gasteiger partial charge in [-0.25, -0.2) is 4.99 Å². The summed E-state index contributed by atoms with van der Waals surface area (Å²) in [5.41, 5.74) is 2.07. The molecule has 0 atom stereocenters. The number of nitrogens with zero attached hydrogens (tertiary/aromatic N) is 2. The topological polar surface area (TPSA) is 44.7 Å². The predicted octanol–water partition coefficient (Wildman–Crippen LogP) is 3.19. The van der Waals surface area contributed by atoms with E-state index in [1.807, 2.05) is 30.3 Å². The predicted molar refractivity (Wildman–Crippen MR) is 89.2 cm³/mol. The first-order valence-corrected chi connectivity index (χ1v) is 7.51. The third kappa shape index (κ3) is 3.46. The van der Waals surface area contributed by atoms with E-state index in [2.05, 4.69) is 22.4 Å². The number of nitrogens with one attached hydrogen (secondary N) is 1. The molecule has 1 amide bonds. The minimum atomic E-state index is 0.0207. The van der Waals surface area contributed by atoms with Crippen molar-refractivity contribution in [3.05, 3.63) is 65.2 Å². The lowest BCUT2D eigenvalue weighted by atomic mass is 10.1. The van der Waals surface area contributed by atoms with Gasteiger partial charge in [0.1, 0.15) is 6.54 Å². The van der Waals surface area contributed by atoms with Crippen molar-refractivity contribution in [2.45, 2.75) is 6.42 Å². The number of rotatable bonds is 4. The molecule has 0 unspecified atom stereocenters. The zero-order valence-corrected chi connectivity index (χ0v) is 12.8. The van der Waals surface area contributed by atoms with E-state index in [0.29, 0.717) is 17.5 Å². The molecule has 0 aliphatic carbocycles. The van der Waals surface area contributed by atoms with Crippen LogP contribution < -0.4 is 5.32 Å². The Labute approximate surface area is 134 Å². The van der Waals surface area contributed by atoms with Crippen molar-refractivity contribution in [2.75, 3.05) is 18.4 Å². The first-order valence-electron chi connectivity index (χ1n) is 7.14. The summed E-state index contributed by atoms with van der Waals surface area (Å²) in [6.07, 6.45) is 0.800. The third-order valence-electron chi connectivity index (χ3n) is 3.49. The number of hydrogen-bond acceptors (Lipinski definition) is 3. The van der Waals surface area contributed by atoms with Crippen LogP contribution in [0.5, 0.6) is 0 Å². The van der Waals surface area contributed by atoms with Crippen LogP contribution in [0.2, 0.25) is 5.02 Å². The zero-order valence-electron chi connectivity index (χ0n) is 12.0. The van der Waals surface area contributed by atoms with Crippen LogP contribution >= 0.6 is 11.6 Å². The Bertz CT molecular complexity index is 683. The highest BCUT2D eigenvalue weighted by atomic mass is 35.5. The summed E-state index contributed by atoms with van der Waals surface area (Å²) in [6.45, 7) is 0.812. The largest absolute Gasteiger partial charge is 0.326 e. The summed E-state index contributed by atoms with van der Waals surface area (Å²) < 4.78 is 0. The van der Waals surface area contributed by atoms with Gasteiger partial charge in [-0.2, -0.15) is 0 Å². The average molecular weight is 314 g/mol. The highest BCUT2D eigenvalue weighted by molar-refractivity contribution is 6.30. The van der Waals surface area contributed by atoms with Gasteiger partial charge in [0.15, 0.2) is 0 Å². The van der Waals surface area contributed by atoms with Gasteiger partial charge in [-0.05, 0) is 36.2 Å². The van der Waals surface area contributed by atoms with Gasteiger partial charge in [-0.15, -0.1) is 0 Å². The van der Waals surface area contributed by atoms with Crippen LogP contribution in [-0.4, -0.2) is 29.9 Å². The van der Waals surface area contributed by atoms with Gasteiger partial charge in [0.25, 0.3) is 5.91 Å². The van der Waals surface area contributed by atoms with E-state index in [1.54, 1.807) is 17.0 Å². The number of carbonyl (C=O) groups is 1. The number of halogens is 1. The van der Waals surface area contributed by atoms with Crippen LogP contribution in [0.4, 0.5) is 5.69 Å². The molecule has 0 bridgehead atoms. The van der Waals surface area contributed by atoms with Crippen molar-refractivity contribution in [1.29, 1.82) is 0 Å². The first kappa shape index (κ1) is 14.6. The van der Waals surface area contributed by atoms with Crippen molar-refractivity contribution >= 4 is 29.2 Å². The lowest BCUT2D eigenvalue weighted by molar-refractivity contribution is -0.124. The number of hydrogen-bond donors (Lipinski definition) is 1. The summed E-state index contributed by atoms with van der Waals surface area (Å²) in [6, 6.07) is 17.4. The van der Waals surface area contributed by atoms with E-state index in [4.69, 9.17) is 11.6 Å². The molecular formula is C17H16ClN3O. The number of amides is 1. The summed E-state index contributed by atoms with van der Waals surface area (Å²) >= 11 is 5.88. The summed E-state index contributed by atoms with van der Waals surface area (Å²) in [4.78, 5) is 18.0. The SMILES string of the molecule is O=C1CN=C(Nc2ccc(Cl)cc2)N1CCc1ccccc1. The molecule has 1 aliphatic rings. The van der Waals surface area contributed by atoms with E-state index >= 15 is 0 Å². The van der Waals surface area contributed by atoms with Crippen LogP contribution in [-0.2, 0) is 11.2 Å². The van der Waals surface area contributed by atoms with Crippen LogP contribution in [0.3, 0.4) is 0 Å². The Morgan fingerprint density at radius 3 is 2.55 bits per heavy atom. The number of anilines is 1. The lowest BCUT2D eigenvalue weighted by Crippen LogP contribution is -2.38. The second-order valence-electron chi connectivity index (χ2n) is 5.05. The maximum Gasteiger partial charge on any atom is 0.251 e. The summed E-state index contributed by atoms with van der Waals surface area (Å²) in [7, 11) is 0. The van der Waals surface area contributed by atoms with Crippen molar-refractivity contribution in [3.63, 3.8) is 0 Å². The second-order valence-corrected chi connectivity index (χ2v) is 5.49. The van der Waals surface area contributed by atoms with E-state index < -0.39 is 0 Å². The smallest absolute Gasteiger partial charge is 0.251 e. The van der Waals surface area contributed by atoms with Gasteiger partial charge < -0.3 is 5.32 Å². The number of benzene rings is 2. The quantitative estimate of drug-likeness (QED) is 0.942. The highest BCUT2D eigenvalue weighted by Gasteiger charge is 2.25. The Hall–Kier alpha value is -2.33. The molecule has 22 heavy (non-hydrogen) atoms. The van der Waals surface area contributed by atoms with Gasteiger partial charge >= 0.3 is 0 Å². The number of aliphatic imine (C=N–C) groups is 1. The maximum atomic E-state index is 12.0. The fraction of sp³-hybridized carbons (Fsp3) is 0.176. The fourth-order valence-corrected chi connectivity index (χ4v) is 2.44. The molecule has 0 aromatic heterocycles. The Balaban J connectivity index is 1.65. The van der Waals surface area contributed by atoms with Crippen molar-refractivity contribution < 1.29 is 4.79 Å². The molecule has 2 aromatic carbocycles. The van der Waals surface area contributed by atoms with Gasteiger partial charge in [0.05, 0.1) is 0 Å². The molecule has 0 saturated carbocycles. The van der Waals surface area contributed by atoms with E-state index in [-0.39, 0.29) is 12.5 Å². The standard InChI is InChI=1S/C17H16ClN3O/c18-14-6-8-15(9-7-14)20-17-19-12-16(22)21(17)11-10-13-4-2-1-3-5-13/h1-9H,10-12H2,(H,19,20). The average Bonchev–Trinajstić information content (AvgIpc) is 2.89. The van der Waals surface area contributed by atoms with Crippen molar-refractivity contribution in [3.8, 4) is 0 Å². The Morgan fingerprint density at radius 2 is 1.82 bits per heavy atom. The van der Waals surface area contributed by atoms with Gasteiger partial charge in [0, 0.05) is 17.3 Å². The highest BCUT2D eigenvalue weighted by Crippen LogP contribution is 2.15. The third-order valence-corrected chi connectivity index (χ3v) is 3.74. The second kappa shape index (κ2) is 6.62. The van der Waals surface area contributed by atoms with Gasteiger partial charge in [0.2, 0.25) is 5.96 Å². The Kier molecular flexibility index (Phi) is 4.39. The molecule has 0 saturated heterocycles. The molecule has 3 rings (SSSR count). The minimum absolute atomic E-state index is 0.0207. The van der Waals surface area contributed by atoms with Gasteiger partial charge in [-0.3, -0.25) is 9.69 Å². The van der Waals surface area contributed by atoms with Gasteiger partial charge in [-0.1, -0.05) is 41.9 Å².